The maximum absolute atomic E-state index is 12.0. The number of hydrogen-bond donors (Lipinski definition) is 2. The number of imide groups is 2. The van der Waals surface area contributed by atoms with Crippen molar-refractivity contribution in [2.24, 2.45) is 0 Å². The molecule has 0 aromatic heterocycles. The summed E-state index contributed by atoms with van der Waals surface area (Å²) in [5.41, 5.74) is -1.25. The molecule has 17 heavy (non-hydrogen) atoms. The van der Waals surface area contributed by atoms with Gasteiger partial charge < -0.3 is 0 Å². The fourth-order valence-electron chi connectivity index (χ4n) is 2.37. The fourth-order valence-corrected chi connectivity index (χ4v) is 2.37. The van der Waals surface area contributed by atoms with E-state index in [4.69, 9.17) is 0 Å². The molecule has 2 heterocycles. The van der Waals surface area contributed by atoms with E-state index in [1.54, 1.807) is 6.92 Å². The van der Waals surface area contributed by atoms with Gasteiger partial charge in [-0.1, -0.05) is 19.1 Å². The average molecular weight is 237 g/mol. The highest BCUT2D eigenvalue weighted by molar-refractivity contribution is 6.22. The summed E-state index contributed by atoms with van der Waals surface area (Å²) in [4.78, 5) is 36.9. The number of urea groups is 1. The van der Waals surface area contributed by atoms with Crippen molar-refractivity contribution in [2.45, 2.75) is 25.3 Å². The lowest BCUT2D eigenvalue weighted by atomic mass is 9.88. The summed E-state index contributed by atoms with van der Waals surface area (Å²) >= 11 is 0. The lowest BCUT2D eigenvalue weighted by molar-refractivity contribution is -0.147. The van der Waals surface area contributed by atoms with E-state index in [1.807, 2.05) is 17.1 Å². The van der Waals surface area contributed by atoms with Gasteiger partial charge in [-0.3, -0.25) is 25.1 Å². The molecule has 0 atom stereocenters. The molecular weight excluding hydrogens is 222 g/mol. The maximum Gasteiger partial charge on any atom is 0.328 e. The van der Waals surface area contributed by atoms with Gasteiger partial charge in [0, 0.05) is 13.1 Å². The molecule has 2 N–H and O–H groups in total. The molecule has 1 fully saturated rings. The van der Waals surface area contributed by atoms with Crippen molar-refractivity contribution in [1.29, 1.82) is 0 Å². The second-order valence-electron chi connectivity index (χ2n) is 4.16. The number of barbiturate groups is 1. The molecule has 6 nitrogen and oxygen atoms in total. The molecule has 0 aromatic carbocycles. The molecule has 2 aliphatic heterocycles. The number of hydrogen-bond acceptors (Lipinski definition) is 4. The van der Waals surface area contributed by atoms with Gasteiger partial charge in [-0.2, -0.15) is 0 Å². The Bertz CT molecular complexity index is 383. The summed E-state index contributed by atoms with van der Waals surface area (Å²) in [6.07, 6.45) is 5.09. The number of nitrogens with one attached hydrogen (secondary N) is 2. The van der Waals surface area contributed by atoms with Crippen molar-refractivity contribution in [1.82, 2.24) is 15.5 Å². The van der Waals surface area contributed by atoms with Crippen molar-refractivity contribution in [3.63, 3.8) is 0 Å². The van der Waals surface area contributed by atoms with Crippen molar-refractivity contribution in [3.05, 3.63) is 12.2 Å². The first-order chi connectivity index (χ1) is 8.11. The zero-order valence-corrected chi connectivity index (χ0v) is 9.66. The highest BCUT2D eigenvalue weighted by Gasteiger charge is 2.52. The van der Waals surface area contributed by atoms with E-state index in [2.05, 4.69) is 10.6 Å². The highest BCUT2D eigenvalue weighted by Crippen LogP contribution is 2.25. The minimum absolute atomic E-state index is 0.339. The molecule has 0 spiro atoms. The van der Waals surface area contributed by atoms with Crippen molar-refractivity contribution < 1.29 is 14.4 Å². The number of carbonyl (C=O) groups is 3. The Kier molecular flexibility index (Phi) is 2.97. The van der Waals surface area contributed by atoms with E-state index in [-0.39, 0.29) is 0 Å². The Balaban J connectivity index is 2.34. The maximum atomic E-state index is 12.0. The molecule has 92 valence electrons. The second-order valence-corrected chi connectivity index (χ2v) is 4.16. The summed E-state index contributed by atoms with van der Waals surface area (Å²) in [6.45, 7) is 2.95. The Labute approximate surface area is 99.0 Å². The number of nitrogens with zero attached hydrogens (tertiary/aromatic N) is 1. The first-order valence-electron chi connectivity index (χ1n) is 5.68. The van der Waals surface area contributed by atoms with E-state index in [0.29, 0.717) is 19.5 Å². The van der Waals surface area contributed by atoms with E-state index in [1.165, 1.54) is 0 Å². The standard InChI is InChI=1S/C11H15N3O3/c1-2-11(14-6-4-3-5-7-14)8(15)12-10(17)13-9(11)16/h3-4H,2,5-7H2,1H3,(H2,12,13,15,16,17). The van der Waals surface area contributed by atoms with Crippen LogP contribution in [-0.4, -0.2) is 41.4 Å². The topological polar surface area (TPSA) is 78.5 Å². The molecule has 0 saturated carbocycles. The Morgan fingerprint density at radius 2 is 1.88 bits per heavy atom. The molecule has 0 aliphatic carbocycles. The van der Waals surface area contributed by atoms with Gasteiger partial charge in [0.25, 0.3) is 11.8 Å². The smallest absolute Gasteiger partial charge is 0.278 e. The Morgan fingerprint density at radius 1 is 1.24 bits per heavy atom. The third-order valence-corrected chi connectivity index (χ3v) is 3.32. The SMILES string of the molecule is CCC1(N2CC=CCC2)C(=O)NC(=O)NC1=O. The quantitative estimate of drug-likeness (QED) is 0.513. The van der Waals surface area contributed by atoms with Gasteiger partial charge >= 0.3 is 6.03 Å². The molecule has 1 saturated heterocycles. The summed E-state index contributed by atoms with van der Waals surface area (Å²) in [5, 5.41) is 4.35. The highest BCUT2D eigenvalue weighted by atomic mass is 16.2. The van der Waals surface area contributed by atoms with Crippen LogP contribution in [-0.2, 0) is 9.59 Å². The van der Waals surface area contributed by atoms with Crippen LogP contribution in [0.25, 0.3) is 0 Å². The number of amides is 4. The predicted octanol–water partition coefficient (Wildman–Crippen LogP) is -0.237. The van der Waals surface area contributed by atoms with Crippen molar-refractivity contribution >= 4 is 17.8 Å². The number of rotatable bonds is 2. The van der Waals surface area contributed by atoms with Gasteiger partial charge in [0.15, 0.2) is 5.54 Å². The molecule has 0 radical (unpaired) electrons. The van der Waals surface area contributed by atoms with Crippen LogP contribution in [0.1, 0.15) is 19.8 Å². The van der Waals surface area contributed by atoms with Gasteiger partial charge in [0.2, 0.25) is 0 Å². The van der Waals surface area contributed by atoms with E-state index < -0.39 is 23.4 Å². The summed E-state index contributed by atoms with van der Waals surface area (Å²) in [5.74, 6) is -1.05. The summed E-state index contributed by atoms with van der Waals surface area (Å²) in [7, 11) is 0. The predicted molar refractivity (Wildman–Crippen MR) is 60.0 cm³/mol. The summed E-state index contributed by atoms with van der Waals surface area (Å²) in [6, 6.07) is -0.739. The third kappa shape index (κ3) is 1.74. The molecule has 4 amide bonds. The van der Waals surface area contributed by atoms with Crippen molar-refractivity contribution in [3.8, 4) is 0 Å². The lowest BCUT2D eigenvalue weighted by Gasteiger charge is -2.42. The zero-order chi connectivity index (χ0) is 12.5. The van der Waals surface area contributed by atoms with Crippen LogP contribution in [0.15, 0.2) is 12.2 Å². The van der Waals surface area contributed by atoms with Gasteiger partial charge in [-0.25, -0.2) is 4.79 Å². The van der Waals surface area contributed by atoms with Crippen LogP contribution in [0.5, 0.6) is 0 Å². The normalized spacial score (nSPS) is 24.4. The minimum atomic E-state index is -1.25. The largest absolute Gasteiger partial charge is 0.328 e. The van der Waals surface area contributed by atoms with Gasteiger partial charge in [-0.05, 0) is 12.8 Å². The fraction of sp³-hybridized carbons (Fsp3) is 0.545. The Hall–Kier alpha value is -1.69. The lowest BCUT2D eigenvalue weighted by Crippen LogP contribution is -2.73. The molecule has 0 unspecified atom stereocenters. The van der Waals surface area contributed by atoms with Crippen LogP contribution in [0.2, 0.25) is 0 Å². The van der Waals surface area contributed by atoms with Crippen LogP contribution in [0, 0.1) is 0 Å². The second kappa shape index (κ2) is 4.29. The van der Waals surface area contributed by atoms with Crippen LogP contribution in [0.4, 0.5) is 4.79 Å². The van der Waals surface area contributed by atoms with Crippen LogP contribution < -0.4 is 10.6 Å². The monoisotopic (exact) mass is 237 g/mol. The van der Waals surface area contributed by atoms with E-state index in [0.717, 1.165) is 6.42 Å². The van der Waals surface area contributed by atoms with Gasteiger partial charge in [-0.15, -0.1) is 0 Å². The Morgan fingerprint density at radius 3 is 2.35 bits per heavy atom. The molecular formula is C11H15N3O3. The first kappa shape index (κ1) is 11.8. The van der Waals surface area contributed by atoms with E-state index in [9.17, 15) is 14.4 Å². The van der Waals surface area contributed by atoms with Gasteiger partial charge in [0.1, 0.15) is 0 Å². The molecule has 2 aliphatic rings. The third-order valence-electron chi connectivity index (χ3n) is 3.32. The molecule has 0 bridgehead atoms. The van der Waals surface area contributed by atoms with E-state index >= 15 is 0 Å². The molecule has 6 heteroatoms. The van der Waals surface area contributed by atoms with Crippen LogP contribution in [0.3, 0.4) is 0 Å². The first-order valence-corrected chi connectivity index (χ1v) is 5.68. The van der Waals surface area contributed by atoms with Crippen LogP contribution >= 0.6 is 0 Å². The summed E-state index contributed by atoms with van der Waals surface area (Å²) < 4.78 is 0. The van der Waals surface area contributed by atoms with Gasteiger partial charge in [0.05, 0.1) is 0 Å². The molecule has 0 aromatic rings. The molecule has 2 rings (SSSR count). The average Bonchev–Trinajstić information content (AvgIpc) is 2.30. The zero-order valence-electron chi connectivity index (χ0n) is 9.66. The number of carbonyl (C=O) groups excluding carboxylic acids is 3. The minimum Gasteiger partial charge on any atom is -0.278 e. The van der Waals surface area contributed by atoms with Crippen molar-refractivity contribution in [2.75, 3.05) is 13.1 Å².